The Kier molecular flexibility index (Phi) is 4.75. The molecule has 1 heterocycles. The number of esters is 2. The van der Waals surface area contributed by atoms with Crippen LogP contribution >= 0.6 is 0 Å². The summed E-state index contributed by atoms with van der Waals surface area (Å²) in [6.45, 7) is 2.02. The van der Waals surface area contributed by atoms with E-state index in [0.29, 0.717) is 5.72 Å². The third-order valence-corrected chi connectivity index (χ3v) is 2.12. The molecule has 0 aliphatic heterocycles. The van der Waals surface area contributed by atoms with Crippen molar-refractivity contribution in [2.75, 3.05) is 14.2 Å². The molecule has 1 radical (unpaired) electrons. The second-order valence-corrected chi connectivity index (χ2v) is 3.32. The van der Waals surface area contributed by atoms with Gasteiger partial charge in [-0.2, -0.15) is 0 Å². The van der Waals surface area contributed by atoms with Crippen LogP contribution in [0, 0.1) is 0 Å². The molecule has 0 aliphatic rings. The second-order valence-electron chi connectivity index (χ2n) is 3.32. The van der Waals surface area contributed by atoms with Crippen molar-refractivity contribution < 1.29 is 19.1 Å². The quantitative estimate of drug-likeness (QED) is 0.581. The normalized spacial score (nSPS) is 9.82. The highest BCUT2D eigenvalue weighted by atomic mass is 16.5. The molecule has 0 bridgehead atoms. The standard InChI is InChI=1S/C10H14BN2O4/c1-4-5-11-10-12-6(8(14)16-2)7(13-10)9(15)17-3/h4-5H2,1-3H3,(H,12,13). The zero-order chi connectivity index (χ0) is 12.8. The van der Waals surface area contributed by atoms with Gasteiger partial charge >= 0.3 is 11.9 Å². The highest BCUT2D eigenvalue weighted by Gasteiger charge is 2.23. The maximum absolute atomic E-state index is 11.4. The van der Waals surface area contributed by atoms with Crippen molar-refractivity contribution in [2.24, 2.45) is 0 Å². The number of H-pyrrole nitrogens is 1. The van der Waals surface area contributed by atoms with E-state index in [1.54, 1.807) is 7.28 Å². The van der Waals surface area contributed by atoms with Crippen LogP contribution < -0.4 is 5.72 Å². The highest BCUT2D eigenvalue weighted by Crippen LogP contribution is 2.05. The molecule has 6 nitrogen and oxygen atoms in total. The summed E-state index contributed by atoms with van der Waals surface area (Å²) in [5.41, 5.74) is 0.427. The molecule has 0 saturated carbocycles. The SMILES string of the molecule is CCC[B]c1nc(C(=O)OC)c(C(=O)OC)[nH]1. The van der Waals surface area contributed by atoms with E-state index in [0.717, 1.165) is 12.7 Å². The van der Waals surface area contributed by atoms with Crippen molar-refractivity contribution in [3.63, 3.8) is 0 Å². The molecule has 1 aromatic heterocycles. The first-order chi connectivity index (χ1) is 8.13. The molecule has 17 heavy (non-hydrogen) atoms. The van der Waals surface area contributed by atoms with Crippen molar-refractivity contribution in [3.8, 4) is 0 Å². The smallest absolute Gasteiger partial charge is 0.359 e. The summed E-state index contributed by atoms with van der Waals surface area (Å²) < 4.78 is 9.10. The number of ether oxygens (including phenoxy) is 2. The predicted molar refractivity (Wildman–Crippen MR) is 61.8 cm³/mol. The van der Waals surface area contributed by atoms with Crippen LogP contribution in [0.5, 0.6) is 0 Å². The number of aromatic nitrogens is 2. The van der Waals surface area contributed by atoms with Crippen LogP contribution in [0.1, 0.15) is 34.3 Å². The minimum Gasteiger partial charge on any atom is -0.464 e. The third kappa shape index (κ3) is 3.09. The molecule has 0 fully saturated rings. The predicted octanol–water partition coefficient (Wildman–Crippen LogP) is 0.141. The van der Waals surface area contributed by atoms with E-state index in [1.165, 1.54) is 14.2 Å². The van der Waals surface area contributed by atoms with Crippen LogP contribution in [0.4, 0.5) is 0 Å². The van der Waals surface area contributed by atoms with Gasteiger partial charge in [-0.25, -0.2) is 14.6 Å². The number of nitrogens with one attached hydrogen (secondary N) is 1. The van der Waals surface area contributed by atoms with Gasteiger partial charge in [0.25, 0.3) is 0 Å². The van der Waals surface area contributed by atoms with Gasteiger partial charge in [0.2, 0.25) is 7.28 Å². The lowest BCUT2D eigenvalue weighted by Gasteiger charge is -1.98. The van der Waals surface area contributed by atoms with Crippen molar-refractivity contribution >= 4 is 24.9 Å². The van der Waals surface area contributed by atoms with Crippen molar-refractivity contribution in [1.82, 2.24) is 9.97 Å². The summed E-state index contributed by atoms with van der Waals surface area (Å²) in [4.78, 5) is 29.6. The molecule has 0 atom stereocenters. The van der Waals surface area contributed by atoms with Crippen LogP contribution in [0.3, 0.4) is 0 Å². The summed E-state index contributed by atoms with van der Waals surface area (Å²) >= 11 is 0. The van der Waals surface area contributed by atoms with Crippen molar-refractivity contribution in [3.05, 3.63) is 11.4 Å². The summed E-state index contributed by atoms with van der Waals surface area (Å²) in [5, 5.41) is 0. The summed E-state index contributed by atoms with van der Waals surface area (Å²) in [6.07, 6.45) is 1.75. The molecule has 1 rings (SSSR count). The van der Waals surface area contributed by atoms with Crippen LogP contribution in [0.15, 0.2) is 0 Å². The number of hydrogen-bond donors (Lipinski definition) is 1. The Morgan fingerprint density at radius 3 is 2.47 bits per heavy atom. The summed E-state index contributed by atoms with van der Waals surface area (Å²) in [5.74, 6) is -1.31. The van der Waals surface area contributed by atoms with Gasteiger partial charge in [-0.05, 0) is 0 Å². The fourth-order valence-corrected chi connectivity index (χ4v) is 1.26. The Hall–Kier alpha value is -1.79. The molecule has 1 N–H and O–H groups in total. The zero-order valence-electron chi connectivity index (χ0n) is 10.1. The zero-order valence-corrected chi connectivity index (χ0v) is 10.1. The lowest BCUT2D eigenvalue weighted by molar-refractivity contribution is 0.0548. The Morgan fingerprint density at radius 2 is 1.94 bits per heavy atom. The summed E-state index contributed by atoms with van der Waals surface area (Å²) in [6, 6.07) is 0. The van der Waals surface area contributed by atoms with Gasteiger partial charge in [-0.3, -0.25) is 0 Å². The van der Waals surface area contributed by atoms with E-state index < -0.39 is 11.9 Å². The van der Waals surface area contributed by atoms with E-state index >= 15 is 0 Å². The molecule has 0 aliphatic carbocycles. The fourth-order valence-electron chi connectivity index (χ4n) is 1.26. The molecule has 0 unspecified atom stereocenters. The first-order valence-electron chi connectivity index (χ1n) is 5.23. The first-order valence-corrected chi connectivity index (χ1v) is 5.23. The van der Waals surface area contributed by atoms with Gasteiger partial charge in [0.15, 0.2) is 11.4 Å². The second kappa shape index (κ2) is 6.07. The van der Waals surface area contributed by atoms with E-state index in [-0.39, 0.29) is 11.4 Å². The van der Waals surface area contributed by atoms with Crippen LogP contribution in [0.25, 0.3) is 0 Å². The lowest BCUT2D eigenvalue weighted by atomic mass is 9.73. The number of carbonyl (C=O) groups excluding carboxylic acids is 2. The molecule has 0 spiro atoms. The van der Waals surface area contributed by atoms with E-state index in [1.807, 2.05) is 6.92 Å². The summed E-state index contributed by atoms with van der Waals surface area (Å²) in [7, 11) is 4.27. The molecule has 91 valence electrons. The average molecular weight is 237 g/mol. The van der Waals surface area contributed by atoms with Crippen molar-refractivity contribution in [2.45, 2.75) is 19.7 Å². The van der Waals surface area contributed by atoms with Gasteiger partial charge in [0, 0.05) is 0 Å². The average Bonchev–Trinajstić information content (AvgIpc) is 2.78. The van der Waals surface area contributed by atoms with Gasteiger partial charge < -0.3 is 14.5 Å². The molecule has 1 aromatic rings. The minimum absolute atomic E-state index is 0.0155. The molecule has 0 amide bonds. The molecule has 7 heteroatoms. The van der Waals surface area contributed by atoms with Gasteiger partial charge in [-0.15, -0.1) is 0 Å². The van der Waals surface area contributed by atoms with Gasteiger partial charge in [0.05, 0.1) is 19.9 Å². The molecule has 0 aromatic carbocycles. The van der Waals surface area contributed by atoms with Crippen molar-refractivity contribution in [1.29, 1.82) is 0 Å². The topological polar surface area (TPSA) is 81.3 Å². The number of aromatic amines is 1. The number of methoxy groups -OCH3 is 2. The number of rotatable bonds is 5. The monoisotopic (exact) mass is 237 g/mol. The van der Waals surface area contributed by atoms with E-state index in [9.17, 15) is 9.59 Å². The highest BCUT2D eigenvalue weighted by molar-refractivity contribution is 6.51. The number of imidazole rings is 1. The van der Waals surface area contributed by atoms with Crippen LogP contribution in [-0.4, -0.2) is 43.4 Å². The minimum atomic E-state index is -0.669. The molecule has 0 saturated heterocycles. The third-order valence-electron chi connectivity index (χ3n) is 2.12. The Morgan fingerprint density at radius 1 is 1.29 bits per heavy atom. The Labute approximate surface area is 100.0 Å². The van der Waals surface area contributed by atoms with E-state index in [4.69, 9.17) is 0 Å². The maximum Gasteiger partial charge on any atom is 0.359 e. The van der Waals surface area contributed by atoms with Crippen LogP contribution in [-0.2, 0) is 9.47 Å². The lowest BCUT2D eigenvalue weighted by Crippen LogP contribution is -2.18. The van der Waals surface area contributed by atoms with Gasteiger partial charge in [-0.1, -0.05) is 19.7 Å². The Bertz CT molecular complexity index is 383. The first kappa shape index (κ1) is 13.3. The fraction of sp³-hybridized carbons (Fsp3) is 0.500. The van der Waals surface area contributed by atoms with Gasteiger partial charge in [0.1, 0.15) is 0 Å². The Balaban J connectivity index is 3.03. The van der Waals surface area contributed by atoms with E-state index in [2.05, 4.69) is 19.4 Å². The maximum atomic E-state index is 11.4. The largest absolute Gasteiger partial charge is 0.464 e. The molecular formula is C10H14BN2O4. The number of nitrogens with zero attached hydrogens (tertiary/aromatic N) is 1. The molecular weight excluding hydrogens is 223 g/mol. The van der Waals surface area contributed by atoms with Crippen LogP contribution in [0.2, 0.25) is 6.32 Å². The number of hydrogen-bond acceptors (Lipinski definition) is 5. The number of carbonyl (C=O) groups is 2.